The molecule has 0 bridgehead atoms. The van der Waals surface area contributed by atoms with Gasteiger partial charge in [-0.25, -0.2) is 14.1 Å². The third-order valence-electron chi connectivity index (χ3n) is 6.47. The molecule has 10 heteroatoms. The van der Waals surface area contributed by atoms with Crippen LogP contribution in [-0.4, -0.2) is 62.8 Å². The van der Waals surface area contributed by atoms with Gasteiger partial charge in [0.2, 0.25) is 11.8 Å². The Morgan fingerprint density at radius 3 is 2.71 bits per heavy atom. The molecular formula is C24H32FN5O4. The van der Waals surface area contributed by atoms with Crippen LogP contribution in [0.25, 0.3) is 0 Å². The number of hydrogen-bond donors (Lipinski definition) is 2. The number of aromatic nitrogens is 3. The van der Waals surface area contributed by atoms with Crippen molar-refractivity contribution in [2.45, 2.75) is 57.6 Å². The second-order valence-electron chi connectivity index (χ2n) is 9.26. The molecule has 1 aliphatic carbocycles. The van der Waals surface area contributed by atoms with Gasteiger partial charge >= 0.3 is 0 Å². The first kappa shape index (κ1) is 24.3. The van der Waals surface area contributed by atoms with Crippen LogP contribution in [0.2, 0.25) is 0 Å². The smallest absolute Gasteiger partial charge is 0.240 e. The number of piperazine rings is 1. The molecule has 1 aliphatic heterocycles. The highest BCUT2D eigenvalue weighted by atomic mass is 19.1. The normalized spacial score (nSPS) is 18.6. The van der Waals surface area contributed by atoms with Crippen LogP contribution in [0.3, 0.4) is 0 Å². The molecule has 1 unspecified atom stereocenters. The van der Waals surface area contributed by atoms with E-state index in [1.165, 1.54) is 12.4 Å². The lowest BCUT2D eigenvalue weighted by Gasteiger charge is -2.28. The van der Waals surface area contributed by atoms with Gasteiger partial charge in [0.25, 0.3) is 0 Å². The Kier molecular flexibility index (Phi) is 7.57. The molecule has 184 valence electrons. The van der Waals surface area contributed by atoms with Crippen molar-refractivity contribution in [1.82, 2.24) is 25.0 Å². The third kappa shape index (κ3) is 6.18. The van der Waals surface area contributed by atoms with E-state index in [1.54, 1.807) is 16.8 Å². The molecule has 1 atom stereocenters. The maximum absolute atomic E-state index is 14.2. The summed E-state index contributed by atoms with van der Waals surface area (Å²) in [6, 6.07) is 4.52. The van der Waals surface area contributed by atoms with E-state index in [2.05, 4.69) is 15.4 Å². The van der Waals surface area contributed by atoms with Crippen molar-refractivity contribution >= 4 is 11.8 Å². The lowest BCUT2D eigenvalue weighted by Crippen LogP contribution is -2.51. The number of benzene rings is 1. The van der Waals surface area contributed by atoms with Gasteiger partial charge in [-0.1, -0.05) is 13.0 Å². The fraction of sp³-hybridized carbons (Fsp3) is 0.583. The van der Waals surface area contributed by atoms with Crippen molar-refractivity contribution < 1.29 is 23.8 Å². The number of amides is 2. The van der Waals surface area contributed by atoms with Crippen molar-refractivity contribution in [1.29, 1.82) is 0 Å². The molecular weight excluding hydrogens is 441 g/mol. The van der Waals surface area contributed by atoms with Crippen molar-refractivity contribution in [3.8, 4) is 5.75 Å². The number of carbonyl (C=O) groups is 2. The number of aryl methyl sites for hydroxylation is 1. The molecule has 2 heterocycles. The van der Waals surface area contributed by atoms with Crippen molar-refractivity contribution in [3.05, 3.63) is 41.7 Å². The number of imide groups is 1. The summed E-state index contributed by atoms with van der Waals surface area (Å²) in [4.78, 5) is 29.2. The minimum atomic E-state index is -1.25. The van der Waals surface area contributed by atoms with Crippen molar-refractivity contribution in [2.24, 2.45) is 5.92 Å². The number of carbonyl (C=O) groups excluding carboxylic acids is 2. The van der Waals surface area contributed by atoms with E-state index in [0.29, 0.717) is 37.5 Å². The van der Waals surface area contributed by atoms with E-state index in [9.17, 15) is 19.1 Å². The molecule has 2 amide bonds. The fourth-order valence-electron chi connectivity index (χ4n) is 4.14. The van der Waals surface area contributed by atoms with Gasteiger partial charge in [-0.2, -0.15) is 5.10 Å². The van der Waals surface area contributed by atoms with Gasteiger partial charge in [-0.3, -0.25) is 19.8 Å². The SMILES string of the molecule is CCC(O)(Cn1ncnc1CCCCN1CC(=O)NC(=O)C1)c1ccc(F)c(OCC2CC2)c1. The summed E-state index contributed by atoms with van der Waals surface area (Å²) < 4.78 is 21.6. The predicted octanol–water partition coefficient (Wildman–Crippen LogP) is 1.78. The van der Waals surface area contributed by atoms with E-state index in [4.69, 9.17) is 4.74 Å². The van der Waals surface area contributed by atoms with Crippen LogP contribution < -0.4 is 10.1 Å². The van der Waals surface area contributed by atoms with E-state index in [-0.39, 0.29) is 37.2 Å². The Morgan fingerprint density at radius 1 is 1.24 bits per heavy atom. The number of nitrogens with zero attached hydrogens (tertiary/aromatic N) is 4. The van der Waals surface area contributed by atoms with Gasteiger partial charge in [0.1, 0.15) is 17.8 Å². The summed E-state index contributed by atoms with van der Waals surface area (Å²) in [5.41, 5.74) is -0.674. The average molecular weight is 474 g/mol. The van der Waals surface area contributed by atoms with Crippen LogP contribution in [0, 0.1) is 11.7 Å². The molecule has 9 nitrogen and oxygen atoms in total. The molecule has 2 N–H and O–H groups in total. The second kappa shape index (κ2) is 10.6. The zero-order valence-corrected chi connectivity index (χ0v) is 19.5. The largest absolute Gasteiger partial charge is 0.490 e. The van der Waals surface area contributed by atoms with E-state index >= 15 is 0 Å². The van der Waals surface area contributed by atoms with Crippen LogP contribution in [0.1, 0.15) is 50.4 Å². The molecule has 34 heavy (non-hydrogen) atoms. The standard InChI is InChI=1S/C24H32FN5O4/c1-2-24(33,18-8-9-19(25)20(11-18)34-14-17-6-7-17)15-30-21(26-16-27-30)5-3-4-10-29-12-22(31)28-23(32)13-29/h8-9,11,16-17,33H,2-7,10,12-15H2,1H3,(H,28,31,32). The molecule has 1 aromatic heterocycles. The highest BCUT2D eigenvalue weighted by Gasteiger charge is 2.31. The summed E-state index contributed by atoms with van der Waals surface area (Å²) in [7, 11) is 0. The Hall–Kier alpha value is -2.85. The van der Waals surface area contributed by atoms with E-state index in [1.807, 2.05) is 11.8 Å². The van der Waals surface area contributed by atoms with Crippen LogP contribution >= 0.6 is 0 Å². The number of nitrogens with one attached hydrogen (secondary N) is 1. The molecule has 2 fully saturated rings. The molecule has 4 rings (SSSR count). The molecule has 0 spiro atoms. The Morgan fingerprint density at radius 2 is 2.00 bits per heavy atom. The lowest BCUT2D eigenvalue weighted by atomic mass is 9.90. The summed E-state index contributed by atoms with van der Waals surface area (Å²) in [5.74, 6) is 0.440. The zero-order chi connectivity index (χ0) is 24.1. The molecule has 1 saturated carbocycles. The quantitative estimate of drug-likeness (QED) is 0.357. The van der Waals surface area contributed by atoms with Crippen molar-refractivity contribution in [3.63, 3.8) is 0 Å². The second-order valence-corrected chi connectivity index (χ2v) is 9.26. The zero-order valence-electron chi connectivity index (χ0n) is 19.5. The third-order valence-corrected chi connectivity index (χ3v) is 6.47. The van der Waals surface area contributed by atoms with Crippen LogP contribution in [0.5, 0.6) is 5.75 Å². The number of hydrogen-bond acceptors (Lipinski definition) is 7. The van der Waals surface area contributed by atoms with Crippen LogP contribution in [-0.2, 0) is 28.2 Å². The minimum Gasteiger partial charge on any atom is -0.490 e. The monoisotopic (exact) mass is 473 g/mol. The van der Waals surface area contributed by atoms with E-state index in [0.717, 1.165) is 31.5 Å². The van der Waals surface area contributed by atoms with Gasteiger partial charge in [0.15, 0.2) is 11.6 Å². The Balaban J connectivity index is 1.35. The fourth-order valence-corrected chi connectivity index (χ4v) is 4.14. The van der Waals surface area contributed by atoms with Gasteiger partial charge in [0, 0.05) is 6.42 Å². The topological polar surface area (TPSA) is 110 Å². The molecule has 2 aliphatic rings. The number of rotatable bonds is 12. The highest BCUT2D eigenvalue weighted by molar-refractivity contribution is 5.99. The first-order valence-electron chi connectivity index (χ1n) is 11.9. The number of ether oxygens (including phenoxy) is 1. The van der Waals surface area contributed by atoms with Crippen molar-refractivity contribution in [2.75, 3.05) is 26.2 Å². The summed E-state index contributed by atoms with van der Waals surface area (Å²) in [6.07, 6.45) is 6.34. The average Bonchev–Trinajstić information content (AvgIpc) is 3.54. The Bertz CT molecular complexity index is 1010. The summed E-state index contributed by atoms with van der Waals surface area (Å²) in [6.45, 7) is 3.67. The predicted molar refractivity (Wildman–Crippen MR) is 121 cm³/mol. The number of unbranched alkanes of at least 4 members (excludes halogenated alkanes) is 1. The minimum absolute atomic E-state index is 0.167. The molecule has 0 radical (unpaired) electrons. The van der Waals surface area contributed by atoms with Gasteiger partial charge in [-0.15, -0.1) is 0 Å². The molecule has 1 saturated heterocycles. The summed E-state index contributed by atoms with van der Waals surface area (Å²) in [5, 5.41) is 18.0. The number of aliphatic hydroxyl groups is 1. The van der Waals surface area contributed by atoms with Gasteiger partial charge in [0.05, 0.1) is 26.2 Å². The molecule has 2 aromatic rings. The maximum atomic E-state index is 14.2. The summed E-state index contributed by atoms with van der Waals surface area (Å²) >= 11 is 0. The lowest BCUT2D eigenvalue weighted by molar-refractivity contribution is -0.136. The van der Waals surface area contributed by atoms with Gasteiger partial charge < -0.3 is 9.84 Å². The Labute approximate surface area is 198 Å². The molecule has 1 aromatic carbocycles. The van der Waals surface area contributed by atoms with Crippen LogP contribution in [0.15, 0.2) is 24.5 Å². The first-order valence-corrected chi connectivity index (χ1v) is 11.9. The van der Waals surface area contributed by atoms with Crippen LogP contribution in [0.4, 0.5) is 4.39 Å². The maximum Gasteiger partial charge on any atom is 0.240 e. The van der Waals surface area contributed by atoms with Gasteiger partial charge in [-0.05, 0) is 62.3 Å². The van der Waals surface area contributed by atoms with E-state index < -0.39 is 11.4 Å². The first-order chi connectivity index (χ1) is 16.4. The highest BCUT2D eigenvalue weighted by Crippen LogP contribution is 2.33. The number of halogens is 1.